The van der Waals surface area contributed by atoms with E-state index in [1.165, 1.54) is 6.21 Å². The Morgan fingerprint density at radius 1 is 1.10 bits per heavy atom. The van der Waals surface area contributed by atoms with Gasteiger partial charge < -0.3 is 15.2 Å². The first-order chi connectivity index (χ1) is 14.1. The molecule has 0 spiro atoms. The van der Waals surface area contributed by atoms with Crippen molar-refractivity contribution in [2.75, 3.05) is 12.8 Å². The van der Waals surface area contributed by atoms with Gasteiger partial charge >= 0.3 is 0 Å². The molecule has 0 atom stereocenters. The maximum Gasteiger partial charge on any atom is 0.273 e. The van der Waals surface area contributed by atoms with Gasteiger partial charge in [-0.15, -0.1) is 0 Å². The molecule has 3 aromatic rings. The second kappa shape index (κ2) is 9.41. The number of carbonyl (C=O) groups excluding carboxylic acids is 1. The fourth-order valence-electron chi connectivity index (χ4n) is 2.83. The van der Waals surface area contributed by atoms with E-state index >= 15 is 0 Å². The highest BCUT2D eigenvalue weighted by Crippen LogP contribution is 2.31. The number of hydrogen-bond donors (Lipinski definition) is 2. The standard InChI is InChI=1S/C23H23N3O3/c1-16-7-5-8-17(13-16)15-29-22-18(9-6-12-21(22)28-2)14-25-26-23(27)19-10-3-4-11-20(19)24/h3-14H,15,24H2,1-2H3,(H,26,27)/b25-14+. The molecule has 1 amide bonds. The molecule has 0 heterocycles. The van der Waals surface area contributed by atoms with Crippen LogP contribution in [0, 0.1) is 6.92 Å². The van der Waals surface area contributed by atoms with Gasteiger partial charge in [0.1, 0.15) is 6.61 Å². The number of hydrogen-bond acceptors (Lipinski definition) is 5. The van der Waals surface area contributed by atoms with E-state index in [9.17, 15) is 4.79 Å². The summed E-state index contributed by atoms with van der Waals surface area (Å²) in [6.45, 7) is 2.42. The van der Waals surface area contributed by atoms with Crippen molar-refractivity contribution in [2.45, 2.75) is 13.5 Å². The van der Waals surface area contributed by atoms with Crippen molar-refractivity contribution in [3.63, 3.8) is 0 Å². The van der Waals surface area contributed by atoms with Crippen molar-refractivity contribution in [1.82, 2.24) is 5.43 Å². The van der Waals surface area contributed by atoms with Crippen LogP contribution in [0.1, 0.15) is 27.0 Å². The van der Waals surface area contributed by atoms with Crippen LogP contribution >= 0.6 is 0 Å². The van der Waals surface area contributed by atoms with Crippen molar-refractivity contribution >= 4 is 17.8 Å². The number of amides is 1. The summed E-state index contributed by atoms with van der Waals surface area (Å²) < 4.78 is 11.4. The molecule has 0 fully saturated rings. The third-order valence-electron chi connectivity index (χ3n) is 4.27. The molecule has 6 heteroatoms. The van der Waals surface area contributed by atoms with Crippen LogP contribution < -0.4 is 20.6 Å². The summed E-state index contributed by atoms with van der Waals surface area (Å²) >= 11 is 0. The van der Waals surface area contributed by atoms with Gasteiger partial charge in [-0.1, -0.05) is 48.0 Å². The van der Waals surface area contributed by atoms with Crippen molar-refractivity contribution in [1.29, 1.82) is 0 Å². The highest BCUT2D eigenvalue weighted by Gasteiger charge is 2.11. The van der Waals surface area contributed by atoms with Crippen LogP contribution in [0.3, 0.4) is 0 Å². The number of ether oxygens (including phenoxy) is 2. The number of nitrogen functional groups attached to an aromatic ring is 1. The fraction of sp³-hybridized carbons (Fsp3) is 0.130. The van der Waals surface area contributed by atoms with E-state index in [1.54, 1.807) is 31.4 Å². The van der Waals surface area contributed by atoms with Crippen LogP contribution in [0.2, 0.25) is 0 Å². The van der Waals surface area contributed by atoms with Gasteiger partial charge in [-0.25, -0.2) is 5.43 Å². The van der Waals surface area contributed by atoms with Crippen molar-refractivity contribution in [2.24, 2.45) is 5.10 Å². The van der Waals surface area contributed by atoms with Gasteiger partial charge in [0.2, 0.25) is 0 Å². The molecule has 0 aliphatic heterocycles. The Labute approximate surface area is 170 Å². The molecular formula is C23H23N3O3. The Balaban J connectivity index is 1.75. The number of methoxy groups -OCH3 is 1. The van der Waals surface area contributed by atoms with Gasteiger partial charge in [0.15, 0.2) is 11.5 Å². The molecule has 6 nitrogen and oxygen atoms in total. The van der Waals surface area contributed by atoms with Crippen molar-refractivity contribution in [3.05, 3.63) is 89.0 Å². The van der Waals surface area contributed by atoms with Crippen LogP contribution in [0.25, 0.3) is 0 Å². The van der Waals surface area contributed by atoms with Crippen LogP contribution in [0.5, 0.6) is 11.5 Å². The lowest BCUT2D eigenvalue weighted by molar-refractivity contribution is 0.0956. The van der Waals surface area contributed by atoms with Crippen LogP contribution in [0.15, 0.2) is 71.8 Å². The molecule has 0 aliphatic carbocycles. The maximum absolute atomic E-state index is 12.2. The molecule has 0 saturated carbocycles. The number of aryl methyl sites for hydroxylation is 1. The lowest BCUT2D eigenvalue weighted by Crippen LogP contribution is -2.19. The minimum absolute atomic E-state index is 0.367. The van der Waals surface area contributed by atoms with E-state index in [2.05, 4.69) is 16.6 Å². The SMILES string of the molecule is COc1cccc(/C=N/NC(=O)c2ccccc2N)c1OCc1cccc(C)c1. The maximum atomic E-state index is 12.2. The summed E-state index contributed by atoms with van der Waals surface area (Å²) in [6.07, 6.45) is 1.52. The van der Waals surface area contributed by atoms with Crippen molar-refractivity contribution < 1.29 is 14.3 Å². The highest BCUT2D eigenvalue weighted by molar-refractivity contribution is 5.99. The van der Waals surface area contributed by atoms with Gasteiger partial charge in [-0.2, -0.15) is 5.10 Å². The van der Waals surface area contributed by atoms with Gasteiger partial charge in [0.05, 0.1) is 18.9 Å². The Bertz CT molecular complexity index is 1030. The van der Waals surface area contributed by atoms with Crippen LogP contribution in [0.4, 0.5) is 5.69 Å². The second-order valence-corrected chi connectivity index (χ2v) is 6.44. The quantitative estimate of drug-likeness (QED) is 0.364. The number of para-hydroxylation sites is 2. The minimum atomic E-state index is -0.385. The molecule has 3 aromatic carbocycles. The molecule has 0 bridgehead atoms. The third-order valence-corrected chi connectivity index (χ3v) is 4.27. The Kier molecular flexibility index (Phi) is 6.47. The third kappa shape index (κ3) is 5.13. The second-order valence-electron chi connectivity index (χ2n) is 6.44. The minimum Gasteiger partial charge on any atom is -0.493 e. The van der Waals surface area contributed by atoms with Gasteiger partial charge in [0, 0.05) is 11.3 Å². The zero-order valence-electron chi connectivity index (χ0n) is 16.4. The number of carbonyl (C=O) groups is 1. The summed E-state index contributed by atoms with van der Waals surface area (Å²) in [5.41, 5.74) is 12.0. The Hall–Kier alpha value is -3.80. The van der Waals surface area contributed by atoms with E-state index in [1.807, 2.05) is 43.3 Å². The zero-order chi connectivity index (χ0) is 20.6. The van der Waals surface area contributed by atoms with E-state index < -0.39 is 0 Å². The normalized spacial score (nSPS) is 10.7. The summed E-state index contributed by atoms with van der Waals surface area (Å²) in [5, 5.41) is 4.05. The van der Waals surface area contributed by atoms with E-state index in [4.69, 9.17) is 15.2 Å². The highest BCUT2D eigenvalue weighted by atomic mass is 16.5. The molecule has 148 valence electrons. The number of nitrogens with one attached hydrogen (secondary N) is 1. The number of benzene rings is 3. The number of nitrogens with zero attached hydrogens (tertiary/aromatic N) is 1. The Morgan fingerprint density at radius 2 is 1.90 bits per heavy atom. The number of hydrazone groups is 1. The predicted octanol–water partition coefficient (Wildman–Crippen LogP) is 3.93. The summed E-state index contributed by atoms with van der Waals surface area (Å²) in [6, 6.07) is 20.4. The predicted molar refractivity (Wildman–Crippen MR) is 114 cm³/mol. The van der Waals surface area contributed by atoms with Gasteiger partial charge in [-0.3, -0.25) is 4.79 Å². The topological polar surface area (TPSA) is 85.9 Å². The summed E-state index contributed by atoms with van der Waals surface area (Å²) in [4.78, 5) is 12.2. The smallest absolute Gasteiger partial charge is 0.273 e. The van der Waals surface area contributed by atoms with E-state index in [-0.39, 0.29) is 5.91 Å². The molecule has 0 aliphatic rings. The zero-order valence-corrected chi connectivity index (χ0v) is 16.4. The number of anilines is 1. The fourth-order valence-corrected chi connectivity index (χ4v) is 2.83. The van der Waals surface area contributed by atoms with E-state index in [0.29, 0.717) is 34.9 Å². The molecule has 0 unspecified atom stereocenters. The first-order valence-corrected chi connectivity index (χ1v) is 9.11. The first kappa shape index (κ1) is 19.9. The summed E-state index contributed by atoms with van der Waals surface area (Å²) in [7, 11) is 1.58. The molecule has 0 saturated heterocycles. The molecular weight excluding hydrogens is 366 g/mol. The number of nitrogens with two attached hydrogens (primary N) is 1. The van der Waals surface area contributed by atoms with Crippen molar-refractivity contribution in [3.8, 4) is 11.5 Å². The molecule has 3 rings (SSSR count). The van der Waals surface area contributed by atoms with E-state index in [0.717, 1.165) is 11.1 Å². The molecule has 29 heavy (non-hydrogen) atoms. The lowest BCUT2D eigenvalue weighted by Gasteiger charge is -2.13. The average molecular weight is 389 g/mol. The first-order valence-electron chi connectivity index (χ1n) is 9.11. The molecule has 3 N–H and O–H groups in total. The van der Waals surface area contributed by atoms with Gasteiger partial charge in [-0.05, 0) is 36.8 Å². The monoisotopic (exact) mass is 389 g/mol. The Morgan fingerprint density at radius 3 is 2.66 bits per heavy atom. The lowest BCUT2D eigenvalue weighted by atomic mass is 10.1. The average Bonchev–Trinajstić information content (AvgIpc) is 2.72. The van der Waals surface area contributed by atoms with Crippen LogP contribution in [-0.4, -0.2) is 19.2 Å². The molecule has 0 aromatic heterocycles. The summed E-state index contributed by atoms with van der Waals surface area (Å²) in [5.74, 6) is 0.749. The van der Waals surface area contributed by atoms with Crippen LogP contribution in [-0.2, 0) is 6.61 Å². The molecule has 0 radical (unpaired) electrons. The largest absolute Gasteiger partial charge is 0.493 e. The van der Waals surface area contributed by atoms with Gasteiger partial charge in [0.25, 0.3) is 5.91 Å². The number of rotatable bonds is 7.